The van der Waals surface area contributed by atoms with Crippen molar-refractivity contribution in [1.29, 1.82) is 0 Å². The van der Waals surface area contributed by atoms with Crippen LogP contribution in [0.1, 0.15) is 33.1 Å². The molecule has 0 aliphatic carbocycles. The van der Waals surface area contributed by atoms with Crippen molar-refractivity contribution >= 4 is 29.9 Å². The smallest absolute Gasteiger partial charge is 0.239 e. The molecule has 1 aromatic carbocycles. The molecule has 2 rings (SSSR count). The predicted molar refractivity (Wildman–Crippen MR) is 108 cm³/mol. The minimum Gasteiger partial charge on any atom is -0.368 e. The van der Waals surface area contributed by atoms with E-state index in [2.05, 4.69) is 10.2 Å². The van der Waals surface area contributed by atoms with E-state index >= 15 is 0 Å². The summed E-state index contributed by atoms with van der Waals surface area (Å²) in [5.41, 5.74) is 6.05. The van der Waals surface area contributed by atoms with Gasteiger partial charge in [0.25, 0.3) is 0 Å². The summed E-state index contributed by atoms with van der Waals surface area (Å²) in [5.74, 6) is -0.441. The second kappa shape index (κ2) is 10.5. The standard InChI is InChI=1S/C19H29FN4O2.ClH/c1-3-9-19(2,21)18(26)22-10-8-17(25)24-13-11-23(12-14-24)16-6-4-15(20)5-7-16;/h4-7H,3,8-14,21H2,1-2H3,(H,22,26);1H. The first-order valence-corrected chi connectivity index (χ1v) is 9.19. The molecule has 1 aliphatic rings. The van der Waals surface area contributed by atoms with E-state index in [0.717, 1.165) is 12.1 Å². The molecule has 2 amide bonds. The van der Waals surface area contributed by atoms with E-state index in [9.17, 15) is 14.0 Å². The molecule has 6 nitrogen and oxygen atoms in total. The number of anilines is 1. The number of benzene rings is 1. The average Bonchev–Trinajstić information content (AvgIpc) is 2.62. The Bertz CT molecular complexity index is 617. The molecule has 152 valence electrons. The van der Waals surface area contributed by atoms with Crippen molar-refractivity contribution in [2.45, 2.75) is 38.6 Å². The van der Waals surface area contributed by atoms with Crippen molar-refractivity contribution in [3.63, 3.8) is 0 Å². The Morgan fingerprint density at radius 3 is 2.33 bits per heavy atom. The molecule has 1 unspecified atom stereocenters. The SMILES string of the molecule is CCCC(C)(N)C(=O)NCCC(=O)N1CCN(c2ccc(F)cc2)CC1.Cl. The Hall–Kier alpha value is -1.86. The Kier molecular flexibility index (Phi) is 8.99. The second-order valence-corrected chi connectivity index (χ2v) is 7.02. The summed E-state index contributed by atoms with van der Waals surface area (Å²) in [6.45, 7) is 6.65. The highest BCUT2D eigenvalue weighted by atomic mass is 35.5. The lowest BCUT2D eigenvalue weighted by Gasteiger charge is -2.36. The summed E-state index contributed by atoms with van der Waals surface area (Å²) >= 11 is 0. The lowest BCUT2D eigenvalue weighted by Crippen LogP contribution is -2.52. The zero-order valence-electron chi connectivity index (χ0n) is 16.0. The Balaban J connectivity index is 0.00000364. The van der Waals surface area contributed by atoms with Crippen LogP contribution in [0, 0.1) is 5.82 Å². The van der Waals surface area contributed by atoms with Gasteiger partial charge in [-0.25, -0.2) is 4.39 Å². The zero-order chi connectivity index (χ0) is 19.2. The van der Waals surface area contributed by atoms with Crippen LogP contribution < -0.4 is 16.0 Å². The summed E-state index contributed by atoms with van der Waals surface area (Å²) in [6.07, 6.45) is 1.71. The molecule has 3 N–H and O–H groups in total. The fourth-order valence-electron chi connectivity index (χ4n) is 3.14. The number of carbonyl (C=O) groups is 2. The molecule has 0 aromatic heterocycles. The van der Waals surface area contributed by atoms with Gasteiger partial charge in [-0.1, -0.05) is 13.3 Å². The Morgan fingerprint density at radius 2 is 1.78 bits per heavy atom. The fourth-order valence-corrected chi connectivity index (χ4v) is 3.14. The molecule has 0 spiro atoms. The van der Waals surface area contributed by atoms with Gasteiger partial charge in [0.2, 0.25) is 11.8 Å². The van der Waals surface area contributed by atoms with Gasteiger partial charge < -0.3 is 20.9 Å². The topological polar surface area (TPSA) is 78.7 Å². The van der Waals surface area contributed by atoms with E-state index in [1.165, 1.54) is 12.1 Å². The van der Waals surface area contributed by atoms with Crippen LogP contribution in [0.2, 0.25) is 0 Å². The Morgan fingerprint density at radius 1 is 1.19 bits per heavy atom. The molecule has 1 heterocycles. The summed E-state index contributed by atoms with van der Waals surface area (Å²) in [7, 11) is 0. The molecule has 0 bridgehead atoms. The maximum atomic E-state index is 13.0. The van der Waals surface area contributed by atoms with E-state index in [1.54, 1.807) is 24.0 Å². The minimum absolute atomic E-state index is 0. The average molecular weight is 401 g/mol. The first kappa shape index (κ1) is 23.2. The fraction of sp³-hybridized carbons (Fsp3) is 0.579. The number of rotatable bonds is 7. The molecule has 1 aliphatic heterocycles. The van der Waals surface area contributed by atoms with E-state index in [4.69, 9.17) is 5.73 Å². The van der Waals surface area contributed by atoms with Crippen molar-refractivity contribution in [3.05, 3.63) is 30.1 Å². The van der Waals surface area contributed by atoms with Crippen molar-refractivity contribution < 1.29 is 14.0 Å². The highest BCUT2D eigenvalue weighted by Crippen LogP contribution is 2.17. The van der Waals surface area contributed by atoms with Crippen molar-refractivity contribution in [2.75, 3.05) is 37.6 Å². The van der Waals surface area contributed by atoms with Crippen molar-refractivity contribution in [3.8, 4) is 0 Å². The molecule has 1 fully saturated rings. The van der Waals surface area contributed by atoms with Gasteiger partial charge in [-0.05, 0) is 37.6 Å². The third kappa shape index (κ3) is 6.66. The second-order valence-electron chi connectivity index (χ2n) is 7.02. The summed E-state index contributed by atoms with van der Waals surface area (Å²) in [4.78, 5) is 28.3. The van der Waals surface area contributed by atoms with Crippen LogP contribution in [0.5, 0.6) is 0 Å². The summed E-state index contributed by atoms with van der Waals surface area (Å²) < 4.78 is 13.0. The summed E-state index contributed by atoms with van der Waals surface area (Å²) in [5, 5.41) is 2.76. The van der Waals surface area contributed by atoms with Gasteiger partial charge in [0.15, 0.2) is 0 Å². The number of hydrogen-bond acceptors (Lipinski definition) is 4. The van der Waals surface area contributed by atoms with Crippen LogP contribution >= 0.6 is 12.4 Å². The monoisotopic (exact) mass is 400 g/mol. The van der Waals surface area contributed by atoms with Gasteiger partial charge in [0, 0.05) is 44.8 Å². The first-order chi connectivity index (χ1) is 12.3. The van der Waals surface area contributed by atoms with Crippen LogP contribution in [0.15, 0.2) is 24.3 Å². The van der Waals surface area contributed by atoms with Crippen LogP contribution in [0.3, 0.4) is 0 Å². The zero-order valence-corrected chi connectivity index (χ0v) is 16.9. The van der Waals surface area contributed by atoms with Crippen molar-refractivity contribution in [2.24, 2.45) is 5.73 Å². The highest BCUT2D eigenvalue weighted by Gasteiger charge is 2.27. The van der Waals surface area contributed by atoms with Crippen LogP contribution in [-0.2, 0) is 9.59 Å². The molecular weight excluding hydrogens is 371 g/mol. The normalized spacial score (nSPS) is 16.3. The van der Waals surface area contributed by atoms with Gasteiger partial charge in [-0.2, -0.15) is 0 Å². The van der Waals surface area contributed by atoms with E-state index in [1.807, 2.05) is 6.92 Å². The first-order valence-electron chi connectivity index (χ1n) is 9.19. The van der Waals surface area contributed by atoms with Gasteiger partial charge in [-0.3, -0.25) is 9.59 Å². The largest absolute Gasteiger partial charge is 0.368 e. The van der Waals surface area contributed by atoms with Crippen LogP contribution in [-0.4, -0.2) is 55.0 Å². The summed E-state index contributed by atoms with van der Waals surface area (Å²) in [6, 6.07) is 6.39. The van der Waals surface area contributed by atoms with Gasteiger partial charge in [0.05, 0.1) is 5.54 Å². The molecule has 8 heteroatoms. The minimum atomic E-state index is -0.890. The number of nitrogens with zero attached hydrogens (tertiary/aromatic N) is 2. The number of amides is 2. The highest BCUT2D eigenvalue weighted by molar-refractivity contribution is 5.86. The number of nitrogens with one attached hydrogen (secondary N) is 1. The Labute approximate surface area is 166 Å². The third-order valence-electron chi connectivity index (χ3n) is 4.74. The maximum absolute atomic E-state index is 13.0. The van der Waals surface area contributed by atoms with E-state index in [0.29, 0.717) is 39.1 Å². The quantitative estimate of drug-likeness (QED) is 0.733. The van der Waals surface area contributed by atoms with E-state index in [-0.39, 0.29) is 36.5 Å². The van der Waals surface area contributed by atoms with Gasteiger partial charge >= 0.3 is 0 Å². The third-order valence-corrected chi connectivity index (χ3v) is 4.74. The molecule has 0 saturated carbocycles. The van der Waals surface area contributed by atoms with Gasteiger partial charge in [-0.15, -0.1) is 12.4 Å². The lowest BCUT2D eigenvalue weighted by atomic mass is 9.96. The lowest BCUT2D eigenvalue weighted by molar-refractivity contribution is -0.131. The molecule has 0 radical (unpaired) electrons. The predicted octanol–water partition coefficient (Wildman–Crippen LogP) is 1.92. The number of hydrogen-bond donors (Lipinski definition) is 2. The molecule has 27 heavy (non-hydrogen) atoms. The van der Waals surface area contributed by atoms with E-state index < -0.39 is 5.54 Å². The number of halogens is 2. The molecule has 1 saturated heterocycles. The molecular formula is C19H30ClFN4O2. The number of nitrogens with two attached hydrogens (primary N) is 1. The van der Waals surface area contributed by atoms with Crippen LogP contribution in [0.25, 0.3) is 0 Å². The molecule has 1 atom stereocenters. The number of piperazine rings is 1. The number of carbonyl (C=O) groups excluding carboxylic acids is 2. The van der Waals surface area contributed by atoms with Crippen molar-refractivity contribution in [1.82, 2.24) is 10.2 Å². The maximum Gasteiger partial charge on any atom is 0.239 e. The van der Waals surface area contributed by atoms with Gasteiger partial charge in [0.1, 0.15) is 5.82 Å². The van der Waals surface area contributed by atoms with Crippen LogP contribution in [0.4, 0.5) is 10.1 Å². The molecule has 1 aromatic rings.